The normalized spacial score (nSPS) is 18.9. The maximum Gasteiger partial charge on any atom is 0.228 e. The summed E-state index contributed by atoms with van der Waals surface area (Å²) < 4.78 is 0. The van der Waals surface area contributed by atoms with E-state index in [0.717, 1.165) is 26.1 Å². The van der Waals surface area contributed by atoms with Gasteiger partial charge in [0.05, 0.1) is 0 Å². The van der Waals surface area contributed by atoms with Crippen molar-refractivity contribution >= 4 is 5.91 Å². The van der Waals surface area contributed by atoms with Crippen molar-refractivity contribution in [3.8, 4) is 0 Å². The first-order chi connectivity index (χ1) is 8.36. The number of rotatable bonds is 5. The molecule has 1 heterocycles. The Hall–Kier alpha value is -0.610. The molecule has 0 atom stereocenters. The van der Waals surface area contributed by atoms with Crippen molar-refractivity contribution in [2.75, 3.05) is 40.3 Å². The molecule has 1 amide bonds. The number of hydrogen-bond donors (Lipinski definition) is 1. The third-order valence-electron chi connectivity index (χ3n) is 4.07. The molecule has 0 unspecified atom stereocenters. The van der Waals surface area contributed by atoms with Gasteiger partial charge in [0.1, 0.15) is 0 Å². The molecule has 0 aromatic rings. The maximum absolute atomic E-state index is 12.4. The second-order valence-electron chi connectivity index (χ2n) is 6.35. The molecule has 0 radical (unpaired) electrons. The van der Waals surface area contributed by atoms with Gasteiger partial charge in [-0.1, -0.05) is 13.8 Å². The monoisotopic (exact) mass is 255 g/mol. The van der Waals surface area contributed by atoms with Crippen molar-refractivity contribution in [2.45, 2.75) is 33.1 Å². The van der Waals surface area contributed by atoms with E-state index in [4.69, 9.17) is 5.73 Å². The van der Waals surface area contributed by atoms with Crippen molar-refractivity contribution in [3.05, 3.63) is 0 Å². The van der Waals surface area contributed by atoms with Crippen LogP contribution in [0, 0.1) is 11.3 Å². The lowest BCUT2D eigenvalue weighted by Gasteiger charge is -2.34. The molecule has 18 heavy (non-hydrogen) atoms. The van der Waals surface area contributed by atoms with Gasteiger partial charge < -0.3 is 15.5 Å². The van der Waals surface area contributed by atoms with Gasteiger partial charge in [0, 0.05) is 19.0 Å². The van der Waals surface area contributed by atoms with Crippen LogP contribution < -0.4 is 5.73 Å². The first-order valence-electron chi connectivity index (χ1n) is 7.01. The molecule has 1 fully saturated rings. The largest absolute Gasteiger partial charge is 0.345 e. The molecule has 0 bridgehead atoms. The van der Waals surface area contributed by atoms with Crippen molar-refractivity contribution in [3.63, 3.8) is 0 Å². The predicted octanol–water partition coefficient (Wildman–Crippen LogP) is 1.16. The van der Waals surface area contributed by atoms with E-state index in [9.17, 15) is 4.79 Å². The molecular weight excluding hydrogens is 226 g/mol. The zero-order valence-electron chi connectivity index (χ0n) is 12.4. The number of hydrogen-bond acceptors (Lipinski definition) is 3. The summed E-state index contributed by atoms with van der Waals surface area (Å²) >= 11 is 0. The van der Waals surface area contributed by atoms with E-state index in [1.54, 1.807) is 0 Å². The number of carbonyl (C=O) groups is 1. The minimum Gasteiger partial charge on any atom is -0.345 e. The molecule has 0 aromatic carbocycles. The molecule has 4 nitrogen and oxygen atoms in total. The zero-order valence-corrected chi connectivity index (χ0v) is 12.4. The second-order valence-corrected chi connectivity index (χ2v) is 6.35. The highest BCUT2D eigenvalue weighted by Gasteiger charge is 2.30. The molecule has 1 rings (SSSR count). The Kier molecular flexibility index (Phi) is 5.60. The number of nitrogens with two attached hydrogens (primary N) is 1. The summed E-state index contributed by atoms with van der Waals surface area (Å²) in [5.41, 5.74) is 5.25. The van der Waals surface area contributed by atoms with Gasteiger partial charge in [-0.05, 0) is 51.9 Å². The summed E-state index contributed by atoms with van der Waals surface area (Å²) in [6, 6.07) is 0. The van der Waals surface area contributed by atoms with Crippen LogP contribution in [0.4, 0.5) is 0 Å². The number of likely N-dealkylation sites (tertiary alicyclic amines) is 1. The third kappa shape index (κ3) is 4.25. The summed E-state index contributed by atoms with van der Waals surface area (Å²) in [5.74, 6) is 0.885. The van der Waals surface area contributed by atoms with E-state index in [-0.39, 0.29) is 11.3 Å². The van der Waals surface area contributed by atoms with Crippen molar-refractivity contribution in [2.24, 2.45) is 17.1 Å². The molecule has 0 spiro atoms. The Morgan fingerprint density at radius 3 is 2.44 bits per heavy atom. The van der Waals surface area contributed by atoms with Crippen LogP contribution in [0.1, 0.15) is 33.1 Å². The lowest BCUT2D eigenvalue weighted by Crippen LogP contribution is -2.43. The van der Waals surface area contributed by atoms with Crippen LogP contribution in [0.25, 0.3) is 0 Å². The molecule has 2 N–H and O–H groups in total. The van der Waals surface area contributed by atoms with Gasteiger partial charge in [0.15, 0.2) is 0 Å². The Morgan fingerprint density at radius 1 is 1.39 bits per heavy atom. The van der Waals surface area contributed by atoms with E-state index < -0.39 is 0 Å². The highest BCUT2D eigenvalue weighted by atomic mass is 16.2. The summed E-state index contributed by atoms with van der Waals surface area (Å²) in [6.45, 7) is 7.75. The van der Waals surface area contributed by atoms with Crippen LogP contribution in [-0.2, 0) is 4.79 Å². The molecule has 0 aliphatic carbocycles. The lowest BCUT2D eigenvalue weighted by molar-refractivity contribution is -0.140. The Labute approximate surface area is 111 Å². The van der Waals surface area contributed by atoms with Gasteiger partial charge in [-0.15, -0.1) is 0 Å². The Bertz CT molecular complexity index is 270. The minimum absolute atomic E-state index is 0.229. The van der Waals surface area contributed by atoms with Crippen molar-refractivity contribution in [1.82, 2.24) is 9.80 Å². The van der Waals surface area contributed by atoms with Gasteiger partial charge in [0.25, 0.3) is 0 Å². The van der Waals surface area contributed by atoms with Crippen molar-refractivity contribution in [1.29, 1.82) is 0 Å². The number of piperidine rings is 1. The van der Waals surface area contributed by atoms with Crippen LogP contribution in [0.3, 0.4) is 0 Å². The fourth-order valence-corrected chi connectivity index (χ4v) is 2.70. The highest BCUT2D eigenvalue weighted by molar-refractivity contribution is 5.81. The molecule has 0 saturated carbocycles. The van der Waals surface area contributed by atoms with Crippen LogP contribution in [0.2, 0.25) is 0 Å². The standard InChI is InChI=1S/C14H29N3O/c1-14(2,7-8-15)13(18)17(4)11-12-5-9-16(3)10-6-12/h12H,5-11,15H2,1-4H3. The zero-order chi connectivity index (χ0) is 13.8. The van der Waals surface area contributed by atoms with Gasteiger partial charge in [-0.25, -0.2) is 0 Å². The Morgan fingerprint density at radius 2 is 1.94 bits per heavy atom. The summed E-state index contributed by atoms with van der Waals surface area (Å²) in [7, 11) is 4.09. The first-order valence-corrected chi connectivity index (χ1v) is 7.01. The fourth-order valence-electron chi connectivity index (χ4n) is 2.70. The van der Waals surface area contributed by atoms with Gasteiger partial charge in [-0.2, -0.15) is 0 Å². The van der Waals surface area contributed by atoms with Crippen LogP contribution in [-0.4, -0.2) is 56.0 Å². The summed E-state index contributed by atoms with van der Waals surface area (Å²) in [4.78, 5) is 16.6. The molecule has 0 aromatic heterocycles. The maximum atomic E-state index is 12.4. The van der Waals surface area contributed by atoms with E-state index >= 15 is 0 Å². The quantitative estimate of drug-likeness (QED) is 0.802. The molecule has 1 aliphatic heterocycles. The van der Waals surface area contributed by atoms with E-state index in [2.05, 4.69) is 11.9 Å². The molecular formula is C14H29N3O. The molecule has 1 saturated heterocycles. The van der Waals surface area contributed by atoms with Gasteiger partial charge in [0.2, 0.25) is 5.91 Å². The van der Waals surface area contributed by atoms with E-state index in [1.807, 2.05) is 25.8 Å². The number of carbonyl (C=O) groups excluding carboxylic acids is 1. The molecule has 1 aliphatic rings. The number of nitrogens with zero attached hydrogens (tertiary/aromatic N) is 2. The first kappa shape index (κ1) is 15.4. The molecule has 4 heteroatoms. The van der Waals surface area contributed by atoms with Crippen LogP contribution in [0.5, 0.6) is 0 Å². The second kappa shape index (κ2) is 6.53. The lowest BCUT2D eigenvalue weighted by atomic mass is 9.87. The Balaban J connectivity index is 2.44. The topological polar surface area (TPSA) is 49.6 Å². The number of amides is 1. The summed E-state index contributed by atoms with van der Waals surface area (Å²) in [6.07, 6.45) is 3.15. The van der Waals surface area contributed by atoms with Crippen LogP contribution >= 0.6 is 0 Å². The predicted molar refractivity (Wildman–Crippen MR) is 75.3 cm³/mol. The summed E-state index contributed by atoms with van der Waals surface area (Å²) in [5, 5.41) is 0. The van der Waals surface area contributed by atoms with Crippen molar-refractivity contribution < 1.29 is 4.79 Å². The van der Waals surface area contributed by atoms with E-state index in [0.29, 0.717) is 12.5 Å². The average Bonchev–Trinajstić information content (AvgIpc) is 2.31. The fraction of sp³-hybridized carbons (Fsp3) is 0.929. The van der Waals surface area contributed by atoms with Gasteiger partial charge >= 0.3 is 0 Å². The third-order valence-corrected chi connectivity index (χ3v) is 4.07. The smallest absolute Gasteiger partial charge is 0.228 e. The highest BCUT2D eigenvalue weighted by Crippen LogP contribution is 2.24. The van der Waals surface area contributed by atoms with Gasteiger partial charge in [-0.3, -0.25) is 4.79 Å². The van der Waals surface area contributed by atoms with E-state index in [1.165, 1.54) is 12.8 Å². The SMILES string of the molecule is CN1CCC(CN(C)C(=O)C(C)(C)CCN)CC1. The molecule has 106 valence electrons. The van der Waals surface area contributed by atoms with Crippen LogP contribution in [0.15, 0.2) is 0 Å². The average molecular weight is 255 g/mol. The minimum atomic E-state index is -0.324.